The van der Waals surface area contributed by atoms with Gasteiger partial charge in [-0.15, -0.1) is 0 Å². The van der Waals surface area contributed by atoms with E-state index in [0.29, 0.717) is 11.1 Å². The quantitative estimate of drug-likeness (QED) is 0.635. The Hall–Kier alpha value is -3.35. The molecular weight excluding hydrogens is 398 g/mol. The zero-order valence-electron chi connectivity index (χ0n) is 20.3. The Bertz CT molecular complexity index is 1030. The number of alkyl carbamates (subject to hydrolysis) is 1. The van der Waals surface area contributed by atoms with Gasteiger partial charge in [-0.1, -0.05) is 42.0 Å². The van der Waals surface area contributed by atoms with Gasteiger partial charge in [-0.25, -0.2) is 9.59 Å². The first-order chi connectivity index (χ1) is 15.2. The molecule has 0 heterocycles. The molecule has 2 N–H and O–H groups in total. The number of aryl methyl sites for hydroxylation is 2. The van der Waals surface area contributed by atoms with Crippen LogP contribution in [0.15, 0.2) is 42.5 Å². The number of rotatable bonds is 7. The number of nitrogens with one attached hydrogen (secondary N) is 1. The summed E-state index contributed by atoms with van der Waals surface area (Å²) in [4.78, 5) is 36.0. The van der Waals surface area contributed by atoms with Gasteiger partial charge in [0.15, 0.2) is 0 Å². The van der Waals surface area contributed by atoms with Crippen LogP contribution in [0.4, 0.5) is 4.79 Å². The number of ether oxygens (including phenoxy) is 2. The molecule has 0 bridgehead atoms. The van der Waals surface area contributed by atoms with Gasteiger partial charge >= 0.3 is 18.0 Å². The number of carboxylic acids is 1. The number of hydrogen-bond acceptors (Lipinski definition) is 5. The number of benzene rings is 2. The second-order valence-corrected chi connectivity index (χ2v) is 8.21. The summed E-state index contributed by atoms with van der Waals surface area (Å²) in [6.07, 6.45) is -0.736. The highest BCUT2D eigenvalue weighted by atomic mass is 16.6. The topological polar surface area (TPSA) is 102 Å². The summed E-state index contributed by atoms with van der Waals surface area (Å²) in [6, 6.07) is 10.7. The molecule has 7 nitrogen and oxygen atoms in total. The lowest BCUT2D eigenvalue weighted by Crippen LogP contribution is -2.36. The van der Waals surface area contributed by atoms with E-state index in [0.717, 1.165) is 5.56 Å². The number of aliphatic carboxylic acids is 1. The van der Waals surface area contributed by atoms with Crippen LogP contribution in [-0.4, -0.2) is 35.3 Å². The minimum Gasteiger partial charge on any atom is -0.481 e. The Kier molecular flexibility index (Phi) is 6.82. The normalized spacial score (nSPS) is 13.5. The van der Waals surface area contributed by atoms with E-state index in [1.165, 1.54) is 24.3 Å². The van der Waals surface area contributed by atoms with Gasteiger partial charge in [0.1, 0.15) is 12.2 Å². The van der Waals surface area contributed by atoms with Crippen LogP contribution in [0.2, 0.25) is 0 Å². The molecule has 2 aromatic carbocycles. The van der Waals surface area contributed by atoms with Gasteiger partial charge in [0.2, 0.25) is 0 Å². The fourth-order valence-electron chi connectivity index (χ4n) is 2.83. The fourth-order valence-corrected chi connectivity index (χ4v) is 2.83. The van der Waals surface area contributed by atoms with Gasteiger partial charge in [0.05, 0.1) is 14.2 Å². The monoisotopic (exact) mass is 429 g/mol. The first-order valence-electron chi connectivity index (χ1n) is 10.8. The van der Waals surface area contributed by atoms with Crippen LogP contribution in [0, 0.1) is 13.8 Å². The first kappa shape index (κ1) is 20.9. The van der Waals surface area contributed by atoms with Crippen molar-refractivity contribution in [1.82, 2.24) is 5.32 Å². The lowest BCUT2D eigenvalue weighted by molar-refractivity contribution is -0.138. The third-order valence-electron chi connectivity index (χ3n) is 4.32. The number of carbonyl (C=O) groups is 3. The average Bonchev–Trinajstić information content (AvgIpc) is 2.66. The van der Waals surface area contributed by atoms with Crippen molar-refractivity contribution in [2.75, 3.05) is 6.54 Å². The zero-order valence-corrected chi connectivity index (χ0v) is 18.3. The van der Waals surface area contributed by atoms with E-state index in [2.05, 4.69) is 5.32 Å². The lowest BCUT2D eigenvalue weighted by Gasteiger charge is -2.21. The Morgan fingerprint density at radius 1 is 1.10 bits per heavy atom. The smallest absolute Gasteiger partial charge is 0.407 e. The van der Waals surface area contributed by atoms with Crippen LogP contribution in [0.25, 0.3) is 0 Å². The van der Waals surface area contributed by atoms with Gasteiger partial charge in [-0.05, 0) is 57.4 Å². The Labute approximate surface area is 185 Å². The number of esters is 1. The predicted octanol–water partition coefficient (Wildman–Crippen LogP) is 4.35. The van der Waals surface area contributed by atoms with Gasteiger partial charge in [-0.3, -0.25) is 4.79 Å². The summed E-state index contributed by atoms with van der Waals surface area (Å²) in [5, 5.41) is 12.0. The molecule has 0 aliphatic carbocycles. The Balaban J connectivity index is 2.13. The largest absolute Gasteiger partial charge is 0.481 e. The van der Waals surface area contributed by atoms with Gasteiger partial charge in [0.25, 0.3) is 0 Å². The fraction of sp³-hybridized carbons (Fsp3) is 0.375. The molecule has 2 rings (SSSR count). The third-order valence-corrected chi connectivity index (χ3v) is 4.32. The average molecular weight is 430 g/mol. The molecular formula is C24H29NO6. The lowest BCUT2D eigenvalue weighted by atomic mass is 9.98. The van der Waals surface area contributed by atoms with E-state index in [1.54, 1.807) is 45.9 Å². The maximum Gasteiger partial charge on any atom is 0.407 e. The number of carbonyl (C=O) groups excluding carboxylic acids is 2. The molecule has 0 aliphatic heterocycles. The minimum atomic E-state index is -2.43. The maximum absolute atomic E-state index is 12.5. The SMILES string of the molecule is [2H]C([2H])(OC(=O)c1ccc(C)cc1C)c1ccc([C@@H](CNC(=O)OC(C)(C)C)C(=O)O)cc1. The summed E-state index contributed by atoms with van der Waals surface area (Å²) in [5.74, 6) is -3.04. The number of hydrogen-bond donors (Lipinski definition) is 2. The maximum atomic E-state index is 12.5. The van der Waals surface area contributed by atoms with E-state index < -0.39 is 36.1 Å². The number of carboxylic acid groups (broad SMARTS) is 1. The summed E-state index contributed by atoms with van der Waals surface area (Å²) >= 11 is 0. The predicted molar refractivity (Wildman–Crippen MR) is 116 cm³/mol. The summed E-state index contributed by atoms with van der Waals surface area (Å²) in [7, 11) is 0. The molecule has 166 valence electrons. The van der Waals surface area contributed by atoms with Crippen LogP contribution in [0.3, 0.4) is 0 Å². The Morgan fingerprint density at radius 3 is 2.29 bits per heavy atom. The molecule has 1 atom stereocenters. The van der Waals surface area contributed by atoms with Crippen molar-refractivity contribution in [3.05, 3.63) is 70.3 Å². The number of amides is 1. The van der Waals surface area contributed by atoms with Crippen LogP contribution in [0.5, 0.6) is 0 Å². The van der Waals surface area contributed by atoms with Crippen LogP contribution >= 0.6 is 0 Å². The van der Waals surface area contributed by atoms with E-state index in [4.69, 9.17) is 12.2 Å². The highest BCUT2D eigenvalue weighted by Crippen LogP contribution is 2.18. The third kappa shape index (κ3) is 7.44. The highest BCUT2D eigenvalue weighted by molar-refractivity contribution is 5.91. The zero-order chi connectivity index (χ0) is 25.0. The van der Waals surface area contributed by atoms with Crippen molar-refractivity contribution in [1.29, 1.82) is 0 Å². The minimum absolute atomic E-state index is 0.0496. The second kappa shape index (κ2) is 10.1. The van der Waals surface area contributed by atoms with E-state index in [1.807, 2.05) is 6.92 Å². The van der Waals surface area contributed by atoms with Crippen molar-refractivity contribution in [2.45, 2.75) is 52.7 Å². The van der Waals surface area contributed by atoms with Crippen LogP contribution in [0.1, 0.15) is 62.0 Å². The van der Waals surface area contributed by atoms with Crippen molar-refractivity contribution in [3.8, 4) is 0 Å². The van der Waals surface area contributed by atoms with E-state index in [-0.39, 0.29) is 17.7 Å². The molecule has 0 spiro atoms. The summed E-state index contributed by atoms with van der Waals surface area (Å²) in [6.45, 7) is 6.07. The molecule has 1 amide bonds. The molecule has 2 aromatic rings. The van der Waals surface area contributed by atoms with Gasteiger partial charge in [0, 0.05) is 6.54 Å². The van der Waals surface area contributed by atoms with Crippen molar-refractivity contribution in [3.63, 3.8) is 0 Å². The summed E-state index contributed by atoms with van der Waals surface area (Å²) in [5.41, 5.74) is 1.59. The molecule has 0 fully saturated rings. The molecule has 7 heteroatoms. The van der Waals surface area contributed by atoms with E-state index in [9.17, 15) is 19.5 Å². The van der Waals surface area contributed by atoms with Crippen molar-refractivity contribution >= 4 is 18.0 Å². The van der Waals surface area contributed by atoms with Gasteiger partial charge in [-0.2, -0.15) is 0 Å². The van der Waals surface area contributed by atoms with Crippen LogP contribution in [-0.2, 0) is 20.8 Å². The highest BCUT2D eigenvalue weighted by Gasteiger charge is 2.23. The molecule has 0 saturated heterocycles. The molecule has 31 heavy (non-hydrogen) atoms. The molecule has 0 radical (unpaired) electrons. The summed E-state index contributed by atoms with van der Waals surface area (Å²) < 4.78 is 26.6. The van der Waals surface area contributed by atoms with Crippen molar-refractivity contribution < 1.29 is 31.7 Å². The molecule has 0 aromatic heterocycles. The standard InChI is InChI=1S/C24H29NO6/c1-15-6-11-19(16(2)12-15)22(28)30-14-17-7-9-18(10-8-17)20(21(26)27)13-25-23(29)31-24(3,4)5/h6-12,20H,13-14H2,1-5H3,(H,25,29)(H,26,27)/t20-/m1/s1/i14D2. The molecule has 0 aliphatic rings. The Morgan fingerprint density at radius 2 is 1.74 bits per heavy atom. The van der Waals surface area contributed by atoms with Gasteiger partial charge < -0.3 is 19.9 Å². The first-order valence-corrected chi connectivity index (χ1v) is 9.80. The van der Waals surface area contributed by atoms with E-state index >= 15 is 0 Å². The molecule has 0 saturated carbocycles. The van der Waals surface area contributed by atoms with Crippen molar-refractivity contribution in [2.24, 2.45) is 0 Å². The second-order valence-electron chi connectivity index (χ2n) is 8.21. The van der Waals surface area contributed by atoms with Crippen LogP contribution < -0.4 is 5.32 Å². The molecule has 0 unspecified atom stereocenters.